The van der Waals surface area contributed by atoms with Crippen LogP contribution in [-0.2, 0) is 16.6 Å². The van der Waals surface area contributed by atoms with Gasteiger partial charge in [-0.25, -0.2) is 18.1 Å². The molecule has 0 amide bonds. The lowest BCUT2D eigenvalue weighted by atomic mass is 10.2. The number of aryl methyl sites for hydroxylation is 1. The number of nitrogens with zero attached hydrogens (tertiary/aromatic N) is 2. The van der Waals surface area contributed by atoms with Crippen LogP contribution in [0.1, 0.15) is 16.3 Å². The molecule has 2 aromatic rings. The van der Waals surface area contributed by atoms with Gasteiger partial charge in [-0.15, -0.1) is 11.3 Å². The molecule has 0 saturated carbocycles. The normalized spacial score (nSPS) is 11.2. The Labute approximate surface area is 125 Å². The molecule has 1 N–H and O–H groups in total. The maximum Gasteiger partial charge on any atom is 0.242 e. The van der Waals surface area contributed by atoms with E-state index in [1.165, 1.54) is 29.5 Å². The van der Waals surface area contributed by atoms with E-state index in [1.807, 2.05) is 13.0 Å². The number of hydrogen-bond donors (Lipinski definition) is 1. The Hall–Kier alpha value is -1.46. The van der Waals surface area contributed by atoms with Crippen molar-refractivity contribution in [2.75, 3.05) is 0 Å². The number of sulfonamides is 1. The highest BCUT2D eigenvalue weighted by atomic mass is 35.5. The van der Waals surface area contributed by atoms with Crippen LogP contribution in [0.2, 0.25) is 5.02 Å². The molecule has 104 valence electrons. The van der Waals surface area contributed by atoms with Gasteiger partial charge in [-0.05, 0) is 25.1 Å². The van der Waals surface area contributed by atoms with E-state index in [-0.39, 0.29) is 16.5 Å². The zero-order valence-corrected chi connectivity index (χ0v) is 12.8. The second-order valence-corrected chi connectivity index (χ2v) is 7.14. The Morgan fingerprint density at radius 3 is 2.80 bits per heavy atom. The summed E-state index contributed by atoms with van der Waals surface area (Å²) in [4.78, 5) is 4.12. The summed E-state index contributed by atoms with van der Waals surface area (Å²) in [6.07, 6.45) is 0. The third-order valence-electron chi connectivity index (χ3n) is 2.46. The molecule has 1 aromatic carbocycles. The number of rotatable bonds is 4. The van der Waals surface area contributed by atoms with Crippen molar-refractivity contribution in [1.82, 2.24) is 9.71 Å². The Kier molecular flexibility index (Phi) is 4.40. The first kappa shape index (κ1) is 14.9. The average Bonchev–Trinajstić information content (AvgIpc) is 2.82. The maximum absolute atomic E-state index is 12.1. The molecule has 0 saturated heterocycles. The molecule has 20 heavy (non-hydrogen) atoms. The van der Waals surface area contributed by atoms with Crippen molar-refractivity contribution in [2.24, 2.45) is 0 Å². The quantitative estimate of drug-likeness (QED) is 0.935. The zero-order valence-electron chi connectivity index (χ0n) is 10.4. The first-order chi connectivity index (χ1) is 9.42. The van der Waals surface area contributed by atoms with Gasteiger partial charge in [-0.3, -0.25) is 0 Å². The minimum Gasteiger partial charge on any atom is -0.245 e. The summed E-state index contributed by atoms with van der Waals surface area (Å²) in [5.74, 6) is 0. The average molecular weight is 328 g/mol. The first-order valence-electron chi connectivity index (χ1n) is 5.53. The number of aromatic nitrogens is 1. The van der Waals surface area contributed by atoms with Gasteiger partial charge in [-0.1, -0.05) is 11.6 Å². The SMILES string of the molecule is Cc1nc(CNS(=O)(=O)c2ccc(C#N)cc2Cl)cs1. The number of nitriles is 1. The molecule has 0 spiro atoms. The molecule has 0 atom stereocenters. The standard InChI is InChI=1S/C12H10ClN3O2S2/c1-8-16-10(7-19-8)6-15-20(17,18)12-3-2-9(5-14)4-11(12)13/h2-4,7,15H,6H2,1H3. The topological polar surface area (TPSA) is 82.8 Å². The number of benzene rings is 1. The van der Waals surface area contributed by atoms with Crippen LogP contribution in [-0.4, -0.2) is 13.4 Å². The molecular formula is C12H10ClN3O2S2. The Balaban J connectivity index is 2.20. The van der Waals surface area contributed by atoms with Crippen molar-refractivity contribution in [3.05, 3.63) is 44.9 Å². The lowest BCUT2D eigenvalue weighted by Gasteiger charge is -2.07. The van der Waals surface area contributed by atoms with E-state index in [2.05, 4.69) is 9.71 Å². The van der Waals surface area contributed by atoms with Crippen molar-refractivity contribution in [2.45, 2.75) is 18.4 Å². The van der Waals surface area contributed by atoms with Crippen LogP contribution < -0.4 is 4.72 Å². The van der Waals surface area contributed by atoms with Gasteiger partial charge in [-0.2, -0.15) is 5.26 Å². The predicted octanol–water partition coefficient (Wildman–Crippen LogP) is 2.46. The number of thiazole rings is 1. The summed E-state index contributed by atoms with van der Waals surface area (Å²) in [5, 5.41) is 11.4. The van der Waals surface area contributed by atoms with E-state index in [1.54, 1.807) is 5.38 Å². The maximum atomic E-state index is 12.1. The summed E-state index contributed by atoms with van der Waals surface area (Å²) < 4.78 is 26.7. The largest absolute Gasteiger partial charge is 0.245 e. The number of halogens is 1. The van der Waals surface area contributed by atoms with Gasteiger partial charge in [0.25, 0.3) is 0 Å². The van der Waals surface area contributed by atoms with Crippen molar-refractivity contribution < 1.29 is 8.42 Å². The van der Waals surface area contributed by atoms with Crippen molar-refractivity contribution in [3.8, 4) is 6.07 Å². The van der Waals surface area contributed by atoms with Gasteiger partial charge >= 0.3 is 0 Å². The summed E-state index contributed by atoms with van der Waals surface area (Å²) in [6.45, 7) is 1.95. The summed E-state index contributed by atoms with van der Waals surface area (Å²) in [5.41, 5.74) is 0.963. The molecule has 8 heteroatoms. The zero-order chi connectivity index (χ0) is 14.8. The third kappa shape index (κ3) is 3.35. The predicted molar refractivity (Wildman–Crippen MR) is 77.0 cm³/mol. The molecule has 0 fully saturated rings. The van der Waals surface area contributed by atoms with E-state index < -0.39 is 10.0 Å². The fourth-order valence-electron chi connectivity index (χ4n) is 1.52. The third-order valence-corrected chi connectivity index (χ3v) is 5.17. The molecule has 0 aliphatic carbocycles. The molecule has 5 nitrogen and oxygen atoms in total. The summed E-state index contributed by atoms with van der Waals surface area (Å²) >= 11 is 7.35. The van der Waals surface area contributed by atoms with Gasteiger partial charge in [0, 0.05) is 5.38 Å². The lowest BCUT2D eigenvalue weighted by Crippen LogP contribution is -2.23. The summed E-state index contributed by atoms with van der Waals surface area (Å²) in [7, 11) is -3.73. The number of hydrogen-bond acceptors (Lipinski definition) is 5. The highest BCUT2D eigenvalue weighted by Gasteiger charge is 2.18. The molecular weight excluding hydrogens is 318 g/mol. The van der Waals surface area contributed by atoms with Gasteiger partial charge in [0.1, 0.15) is 4.90 Å². The van der Waals surface area contributed by atoms with Gasteiger partial charge in [0.2, 0.25) is 10.0 Å². The van der Waals surface area contributed by atoms with E-state index >= 15 is 0 Å². The van der Waals surface area contributed by atoms with E-state index in [0.717, 1.165) is 5.01 Å². The highest BCUT2D eigenvalue weighted by Crippen LogP contribution is 2.22. The highest BCUT2D eigenvalue weighted by molar-refractivity contribution is 7.89. The summed E-state index contributed by atoms with van der Waals surface area (Å²) in [6, 6.07) is 5.95. The Morgan fingerprint density at radius 2 is 2.25 bits per heavy atom. The van der Waals surface area contributed by atoms with Gasteiger partial charge in [0.15, 0.2) is 0 Å². The molecule has 1 heterocycles. The van der Waals surface area contributed by atoms with E-state index in [0.29, 0.717) is 11.3 Å². The van der Waals surface area contributed by atoms with Crippen LogP contribution in [0.25, 0.3) is 0 Å². The van der Waals surface area contributed by atoms with Crippen LogP contribution in [0.4, 0.5) is 0 Å². The molecule has 0 bridgehead atoms. The molecule has 0 radical (unpaired) electrons. The Morgan fingerprint density at radius 1 is 1.50 bits per heavy atom. The van der Waals surface area contributed by atoms with Crippen LogP contribution in [0.5, 0.6) is 0 Å². The van der Waals surface area contributed by atoms with Crippen LogP contribution in [0.3, 0.4) is 0 Å². The van der Waals surface area contributed by atoms with Crippen LogP contribution in [0.15, 0.2) is 28.5 Å². The monoisotopic (exact) mass is 327 g/mol. The molecule has 0 aliphatic rings. The second kappa shape index (κ2) is 5.89. The van der Waals surface area contributed by atoms with Crippen molar-refractivity contribution >= 4 is 33.0 Å². The molecule has 2 rings (SSSR count). The molecule has 1 aromatic heterocycles. The van der Waals surface area contributed by atoms with Crippen molar-refractivity contribution in [3.63, 3.8) is 0 Å². The van der Waals surface area contributed by atoms with Gasteiger partial charge < -0.3 is 0 Å². The Bertz CT molecular complexity index is 778. The van der Waals surface area contributed by atoms with E-state index in [9.17, 15) is 8.42 Å². The fraction of sp³-hybridized carbons (Fsp3) is 0.167. The van der Waals surface area contributed by atoms with E-state index in [4.69, 9.17) is 16.9 Å². The van der Waals surface area contributed by atoms with Crippen LogP contribution >= 0.6 is 22.9 Å². The molecule has 0 aliphatic heterocycles. The van der Waals surface area contributed by atoms with Gasteiger partial charge in [0.05, 0.1) is 33.9 Å². The number of nitrogens with one attached hydrogen (secondary N) is 1. The fourth-order valence-corrected chi connectivity index (χ4v) is 3.68. The smallest absolute Gasteiger partial charge is 0.242 e. The minimum atomic E-state index is -3.73. The lowest BCUT2D eigenvalue weighted by molar-refractivity contribution is 0.580. The van der Waals surface area contributed by atoms with Crippen molar-refractivity contribution in [1.29, 1.82) is 5.26 Å². The minimum absolute atomic E-state index is 0.0195. The molecule has 0 unspecified atom stereocenters. The second-order valence-electron chi connectivity index (χ2n) is 3.94. The van der Waals surface area contributed by atoms with Crippen LogP contribution in [0, 0.1) is 18.3 Å². The first-order valence-corrected chi connectivity index (χ1v) is 8.27.